The molecule has 6 nitrogen and oxygen atoms in total. The summed E-state index contributed by atoms with van der Waals surface area (Å²) in [5.41, 5.74) is 0.477. The van der Waals surface area contributed by atoms with Gasteiger partial charge in [-0.05, 0) is 104 Å². The van der Waals surface area contributed by atoms with Gasteiger partial charge in [0.15, 0.2) is 0 Å². The van der Waals surface area contributed by atoms with Gasteiger partial charge in [-0.3, -0.25) is 0 Å². The summed E-state index contributed by atoms with van der Waals surface area (Å²) in [6.45, 7) is 11.3. The molecule has 0 aromatic rings. The van der Waals surface area contributed by atoms with E-state index >= 15 is 0 Å². The Kier molecular flexibility index (Phi) is 6.71. The van der Waals surface area contributed by atoms with Crippen LogP contribution in [0.15, 0.2) is 0 Å². The first kappa shape index (κ1) is 25.4. The zero-order valence-electron chi connectivity index (χ0n) is 21.7. The molecule has 0 amide bonds. The number of rotatable bonds is 5. The van der Waals surface area contributed by atoms with Crippen LogP contribution < -0.4 is 4.72 Å². The number of fused-ring (bicyclic) bond motifs is 5. The van der Waals surface area contributed by atoms with E-state index in [0.717, 1.165) is 32.1 Å². The Hall–Kier alpha value is -0.210. The Bertz CT molecular complexity index is 867. The van der Waals surface area contributed by atoms with Crippen LogP contribution in [0.3, 0.4) is 0 Å². The second-order valence-electron chi connectivity index (χ2n) is 13.2. The van der Waals surface area contributed by atoms with Crippen LogP contribution in [-0.4, -0.2) is 54.8 Å². The second kappa shape index (κ2) is 8.97. The Morgan fingerprint density at radius 3 is 2.41 bits per heavy atom. The lowest BCUT2D eigenvalue weighted by atomic mass is 9.41. The van der Waals surface area contributed by atoms with Gasteiger partial charge in [0.05, 0.1) is 12.2 Å². The zero-order valence-corrected chi connectivity index (χ0v) is 22.6. The minimum atomic E-state index is -3.27. The highest BCUT2D eigenvalue weighted by molar-refractivity contribution is 7.87. The van der Waals surface area contributed by atoms with Crippen LogP contribution in [0.5, 0.6) is 0 Å². The van der Waals surface area contributed by atoms with Crippen molar-refractivity contribution in [2.75, 3.05) is 19.6 Å². The van der Waals surface area contributed by atoms with Crippen molar-refractivity contribution < 1.29 is 18.6 Å². The van der Waals surface area contributed by atoms with Crippen LogP contribution in [0.4, 0.5) is 0 Å². The van der Waals surface area contributed by atoms with Crippen molar-refractivity contribution in [3.63, 3.8) is 0 Å². The topological polar surface area (TPSA) is 89.9 Å². The monoisotopic (exact) mass is 496 g/mol. The van der Waals surface area contributed by atoms with E-state index in [1.807, 2.05) is 0 Å². The molecule has 4 saturated carbocycles. The van der Waals surface area contributed by atoms with Gasteiger partial charge in [-0.15, -0.1) is 0 Å². The lowest BCUT2D eigenvalue weighted by Crippen LogP contribution is -2.62. The molecule has 1 heterocycles. The van der Waals surface area contributed by atoms with Gasteiger partial charge in [0, 0.05) is 19.6 Å². The molecule has 4 aliphatic carbocycles. The quantitative estimate of drug-likeness (QED) is 0.540. The van der Waals surface area contributed by atoms with E-state index in [1.54, 1.807) is 4.31 Å². The molecule has 0 aromatic carbocycles. The van der Waals surface area contributed by atoms with E-state index in [2.05, 4.69) is 32.4 Å². The molecule has 196 valence electrons. The van der Waals surface area contributed by atoms with E-state index in [1.165, 1.54) is 25.7 Å². The molecule has 2 unspecified atom stereocenters. The molecule has 0 radical (unpaired) electrons. The fourth-order valence-corrected chi connectivity index (χ4v) is 11.4. The van der Waals surface area contributed by atoms with Gasteiger partial charge in [0.1, 0.15) is 0 Å². The van der Waals surface area contributed by atoms with Crippen molar-refractivity contribution in [2.24, 2.45) is 52.3 Å². The summed E-state index contributed by atoms with van der Waals surface area (Å²) in [4.78, 5) is 0. The Morgan fingerprint density at radius 2 is 1.74 bits per heavy atom. The van der Waals surface area contributed by atoms with Gasteiger partial charge in [0.2, 0.25) is 0 Å². The smallest absolute Gasteiger partial charge is 0.279 e. The average molecular weight is 497 g/mol. The third kappa shape index (κ3) is 3.82. The van der Waals surface area contributed by atoms with E-state index in [-0.39, 0.29) is 23.0 Å². The Labute approximate surface area is 207 Å². The van der Waals surface area contributed by atoms with E-state index in [4.69, 9.17) is 0 Å². The van der Waals surface area contributed by atoms with Crippen molar-refractivity contribution in [2.45, 2.75) is 97.7 Å². The number of aliphatic hydroxyl groups excluding tert-OH is 2. The molecule has 5 fully saturated rings. The zero-order chi connectivity index (χ0) is 24.5. The SMILES string of the molecule is CC[C@@H]1C2C[C@H](O)CC[C@]2(C)[C@H]2CC[C@]3(C)[C@@H]([C@H](C)CCN4CCNS4(=O)=O)CC[C@H]3C2[C@@H]1O. The van der Waals surface area contributed by atoms with E-state index in [9.17, 15) is 18.6 Å². The van der Waals surface area contributed by atoms with Gasteiger partial charge >= 0.3 is 0 Å². The van der Waals surface area contributed by atoms with Crippen LogP contribution in [0, 0.1) is 52.3 Å². The molecule has 1 aliphatic heterocycles. The molecule has 1 saturated heterocycles. The van der Waals surface area contributed by atoms with Crippen LogP contribution in [-0.2, 0) is 10.2 Å². The molecule has 0 aromatic heterocycles. The molecule has 11 atom stereocenters. The predicted molar refractivity (Wildman–Crippen MR) is 134 cm³/mol. The Morgan fingerprint density at radius 1 is 1.03 bits per heavy atom. The van der Waals surface area contributed by atoms with Gasteiger partial charge < -0.3 is 10.2 Å². The first-order chi connectivity index (χ1) is 16.0. The average Bonchev–Trinajstić information content (AvgIpc) is 3.31. The standard InChI is InChI=1S/C27H48N2O4S/c1-5-19-23-16-18(30)8-11-27(23,4)22-9-12-26(3)20(6-7-21(26)24(22)25(19)31)17(2)10-14-29-15-13-28-34(29,32)33/h17-25,28,30-31H,5-16H2,1-4H3/t17-,18-,19-,20-,21+,22+,23?,24?,25-,26-,27-/m1/s1. The highest BCUT2D eigenvalue weighted by Gasteiger charge is 2.64. The molecule has 34 heavy (non-hydrogen) atoms. The van der Waals surface area contributed by atoms with E-state index in [0.29, 0.717) is 61.1 Å². The molecular weight excluding hydrogens is 448 g/mol. The normalized spacial score (nSPS) is 51.5. The van der Waals surface area contributed by atoms with Gasteiger partial charge in [-0.1, -0.05) is 34.1 Å². The first-order valence-corrected chi connectivity index (χ1v) is 15.6. The summed E-state index contributed by atoms with van der Waals surface area (Å²) in [7, 11) is -3.27. The summed E-state index contributed by atoms with van der Waals surface area (Å²) in [6.07, 6.45) is 9.18. The highest BCUT2D eigenvalue weighted by atomic mass is 32.2. The second-order valence-corrected chi connectivity index (χ2v) is 14.9. The summed E-state index contributed by atoms with van der Waals surface area (Å²) >= 11 is 0. The van der Waals surface area contributed by atoms with Crippen LogP contribution in [0.1, 0.15) is 85.5 Å². The lowest BCUT2D eigenvalue weighted by Gasteiger charge is -2.64. The Balaban J connectivity index is 1.35. The molecule has 5 aliphatic rings. The molecule has 0 bridgehead atoms. The minimum Gasteiger partial charge on any atom is -0.393 e. The summed E-state index contributed by atoms with van der Waals surface area (Å²) in [6, 6.07) is 0. The van der Waals surface area contributed by atoms with Crippen LogP contribution >= 0.6 is 0 Å². The van der Waals surface area contributed by atoms with Gasteiger partial charge in [-0.2, -0.15) is 12.7 Å². The van der Waals surface area contributed by atoms with E-state index < -0.39 is 10.2 Å². The number of nitrogens with one attached hydrogen (secondary N) is 1. The third-order valence-corrected chi connectivity index (χ3v) is 13.6. The van der Waals surface area contributed by atoms with Gasteiger partial charge in [0.25, 0.3) is 10.2 Å². The fourth-order valence-electron chi connectivity index (χ4n) is 10.2. The van der Waals surface area contributed by atoms with Crippen LogP contribution in [0.2, 0.25) is 0 Å². The maximum Gasteiger partial charge on any atom is 0.279 e. The fraction of sp³-hybridized carbons (Fsp3) is 1.00. The highest BCUT2D eigenvalue weighted by Crippen LogP contribution is 2.69. The summed E-state index contributed by atoms with van der Waals surface area (Å²) < 4.78 is 28.6. The number of hydrogen-bond donors (Lipinski definition) is 3. The maximum absolute atomic E-state index is 12.2. The number of aliphatic hydroxyl groups is 2. The van der Waals surface area contributed by atoms with Crippen LogP contribution in [0.25, 0.3) is 0 Å². The van der Waals surface area contributed by atoms with Gasteiger partial charge in [-0.25, -0.2) is 4.72 Å². The number of nitrogens with zero attached hydrogens (tertiary/aromatic N) is 1. The minimum absolute atomic E-state index is 0.198. The van der Waals surface area contributed by atoms with Crippen molar-refractivity contribution in [3.8, 4) is 0 Å². The largest absolute Gasteiger partial charge is 0.393 e. The molecule has 5 rings (SSSR count). The van der Waals surface area contributed by atoms with Crippen molar-refractivity contribution in [3.05, 3.63) is 0 Å². The number of hydrogen-bond acceptors (Lipinski definition) is 4. The molecule has 0 spiro atoms. The maximum atomic E-state index is 12.2. The molecule has 3 N–H and O–H groups in total. The van der Waals surface area contributed by atoms with Crippen molar-refractivity contribution in [1.82, 2.24) is 9.03 Å². The van der Waals surface area contributed by atoms with Crippen molar-refractivity contribution >= 4 is 10.2 Å². The van der Waals surface area contributed by atoms with Crippen molar-refractivity contribution in [1.29, 1.82) is 0 Å². The summed E-state index contributed by atoms with van der Waals surface area (Å²) in [5, 5.41) is 22.3. The lowest BCUT2D eigenvalue weighted by molar-refractivity contribution is -0.203. The summed E-state index contributed by atoms with van der Waals surface area (Å²) in [5.74, 6) is 3.32. The molecule has 7 heteroatoms. The predicted octanol–water partition coefficient (Wildman–Crippen LogP) is 3.79. The molecular formula is C27H48N2O4S. The first-order valence-electron chi connectivity index (χ1n) is 14.1. The third-order valence-electron chi connectivity index (χ3n) is 12.0.